The molecule has 0 aliphatic carbocycles. The largest absolute Gasteiger partial charge is 0.437 e. The molecule has 12 rings (SSSR count). The first-order valence-electron chi connectivity index (χ1n) is 16.7. The van der Waals surface area contributed by atoms with Gasteiger partial charge in [-0.1, -0.05) is 97.1 Å². The third-order valence-electron chi connectivity index (χ3n) is 10.2. The molecule has 4 nitrogen and oxygen atoms in total. The fraction of sp³-hybridized carbons (Fsp3) is 0. The van der Waals surface area contributed by atoms with Crippen LogP contribution in [0.3, 0.4) is 0 Å². The lowest BCUT2D eigenvalue weighted by Gasteiger charge is -2.12. The first-order valence-corrected chi connectivity index (χ1v) is 18.3. The highest BCUT2D eigenvalue weighted by atomic mass is 32.1. The molecule has 0 bridgehead atoms. The van der Waals surface area contributed by atoms with Gasteiger partial charge in [0.25, 0.3) is 0 Å². The molecule has 0 fully saturated rings. The number of benzene rings is 7. The number of hydrogen-bond acceptors (Lipinski definition) is 5. The maximum atomic E-state index is 6.57. The first-order chi connectivity index (χ1) is 24.8. The van der Waals surface area contributed by atoms with Crippen LogP contribution in [0.1, 0.15) is 0 Å². The number of furan rings is 1. The summed E-state index contributed by atoms with van der Waals surface area (Å²) in [5.74, 6) is 1.47. The molecule has 0 saturated heterocycles. The summed E-state index contributed by atoms with van der Waals surface area (Å²) in [6, 6.07) is 49.8. The molecule has 232 valence electrons. The second-order valence-corrected chi connectivity index (χ2v) is 15.0. The van der Waals surface area contributed by atoms with Crippen LogP contribution >= 0.6 is 22.7 Å². The van der Waals surface area contributed by atoms with Crippen LogP contribution in [0.15, 0.2) is 144 Å². The van der Waals surface area contributed by atoms with E-state index in [1.54, 1.807) is 0 Å². The van der Waals surface area contributed by atoms with Crippen LogP contribution in [0.25, 0.3) is 112 Å². The normalized spacial score (nSPS) is 12.4. The molecular weight excluding hydrogens is 651 g/mol. The van der Waals surface area contributed by atoms with E-state index in [-0.39, 0.29) is 0 Å². The Morgan fingerprint density at radius 1 is 0.480 bits per heavy atom. The van der Waals surface area contributed by atoms with Gasteiger partial charge < -0.3 is 4.42 Å². The molecule has 0 aliphatic rings. The molecule has 0 radical (unpaired) electrons. The SMILES string of the molecule is c1ccc2c(c1)oc1nc(-c3ccc4sc5ccccc5c4c3)nc(-n3c4ccccc4c4c5ccccc5c5c6ccccc6sc5c43)c12. The number of fused-ring (bicyclic) bond motifs is 16. The van der Waals surface area contributed by atoms with Gasteiger partial charge in [0.05, 0.1) is 21.1 Å². The van der Waals surface area contributed by atoms with E-state index in [4.69, 9.17) is 14.4 Å². The standard InChI is InChI=1S/C44H23N3OS2/c1-2-13-27-26(12-1)37-28-14-3-7-17-32(28)47(40(37)41-38(27)30-16-6-10-20-35(30)50-41)43-39-29-15-4-8-18-33(29)48-44(39)46-42(45-43)24-21-22-36-31(23-24)25-11-5-9-19-34(25)49-36/h1-23H. The third kappa shape index (κ3) is 3.49. The van der Waals surface area contributed by atoms with E-state index in [1.165, 1.54) is 61.9 Å². The highest BCUT2D eigenvalue weighted by Gasteiger charge is 2.26. The van der Waals surface area contributed by atoms with E-state index in [0.29, 0.717) is 11.5 Å². The predicted molar refractivity (Wildman–Crippen MR) is 212 cm³/mol. The first kappa shape index (κ1) is 26.8. The number of para-hydroxylation sites is 2. The quantitative estimate of drug-likeness (QED) is 0.183. The zero-order chi connectivity index (χ0) is 32.5. The average Bonchev–Trinajstić information content (AvgIpc) is 3.93. The zero-order valence-corrected chi connectivity index (χ0v) is 28.0. The van der Waals surface area contributed by atoms with Gasteiger partial charge in [-0.05, 0) is 53.2 Å². The fourth-order valence-electron chi connectivity index (χ4n) is 8.11. The minimum Gasteiger partial charge on any atom is -0.437 e. The van der Waals surface area contributed by atoms with Gasteiger partial charge in [-0.2, -0.15) is 4.98 Å². The number of thiophene rings is 2. The van der Waals surface area contributed by atoms with E-state index in [9.17, 15) is 0 Å². The number of nitrogens with zero attached hydrogens (tertiary/aromatic N) is 3. The molecule has 0 atom stereocenters. The van der Waals surface area contributed by atoms with E-state index in [1.807, 2.05) is 34.8 Å². The third-order valence-corrected chi connectivity index (χ3v) is 12.5. The van der Waals surface area contributed by atoms with Crippen LogP contribution in [-0.4, -0.2) is 14.5 Å². The van der Waals surface area contributed by atoms with Gasteiger partial charge in [0.2, 0.25) is 5.71 Å². The molecule has 6 heteroatoms. The van der Waals surface area contributed by atoms with Gasteiger partial charge in [-0.3, -0.25) is 4.57 Å². The highest BCUT2D eigenvalue weighted by molar-refractivity contribution is 7.27. The molecule has 0 amide bonds. The Morgan fingerprint density at radius 2 is 1.12 bits per heavy atom. The summed E-state index contributed by atoms with van der Waals surface area (Å²) in [7, 11) is 0. The van der Waals surface area contributed by atoms with Crippen molar-refractivity contribution in [1.82, 2.24) is 14.5 Å². The molecule has 0 unspecified atom stereocenters. The van der Waals surface area contributed by atoms with Gasteiger partial charge in [0.15, 0.2) is 11.6 Å². The minimum absolute atomic E-state index is 0.584. The van der Waals surface area contributed by atoms with Crippen LogP contribution in [-0.2, 0) is 0 Å². The van der Waals surface area contributed by atoms with Crippen LogP contribution < -0.4 is 0 Å². The molecule has 50 heavy (non-hydrogen) atoms. The Labute approximate surface area is 292 Å². The second-order valence-electron chi connectivity index (χ2n) is 12.9. The van der Waals surface area contributed by atoms with Crippen LogP contribution in [0, 0.1) is 0 Å². The monoisotopic (exact) mass is 673 g/mol. The summed E-state index contributed by atoms with van der Waals surface area (Å²) in [6.07, 6.45) is 0. The Bertz CT molecular complexity index is 3400. The molecule has 5 aromatic heterocycles. The van der Waals surface area contributed by atoms with Crippen molar-refractivity contribution in [3.05, 3.63) is 140 Å². The van der Waals surface area contributed by atoms with E-state index < -0.39 is 0 Å². The van der Waals surface area contributed by atoms with Crippen LogP contribution in [0.2, 0.25) is 0 Å². The van der Waals surface area contributed by atoms with Gasteiger partial charge in [-0.25, -0.2) is 4.98 Å². The lowest BCUT2D eigenvalue weighted by atomic mass is 9.99. The van der Waals surface area contributed by atoms with Gasteiger partial charge in [-0.15, -0.1) is 22.7 Å². The smallest absolute Gasteiger partial charge is 0.233 e. The highest BCUT2D eigenvalue weighted by Crippen LogP contribution is 2.49. The van der Waals surface area contributed by atoms with Crippen molar-refractivity contribution in [2.24, 2.45) is 0 Å². The van der Waals surface area contributed by atoms with Crippen molar-refractivity contribution in [3.8, 4) is 17.2 Å². The van der Waals surface area contributed by atoms with Crippen molar-refractivity contribution in [1.29, 1.82) is 0 Å². The van der Waals surface area contributed by atoms with E-state index in [0.717, 1.165) is 38.8 Å². The van der Waals surface area contributed by atoms with Crippen molar-refractivity contribution in [3.63, 3.8) is 0 Å². The lowest BCUT2D eigenvalue weighted by Crippen LogP contribution is -2.02. The van der Waals surface area contributed by atoms with Gasteiger partial charge >= 0.3 is 0 Å². The minimum atomic E-state index is 0.584. The van der Waals surface area contributed by atoms with Gasteiger partial charge in [0.1, 0.15) is 5.58 Å². The Kier molecular flexibility index (Phi) is 5.23. The Hall–Kier alpha value is -6.08. The number of aromatic nitrogens is 3. The molecule has 0 aliphatic heterocycles. The summed E-state index contributed by atoms with van der Waals surface area (Å²) >= 11 is 3.68. The average molecular weight is 674 g/mol. The lowest BCUT2D eigenvalue weighted by molar-refractivity contribution is 0.653. The number of rotatable bonds is 2. The molecular formula is C44H23N3OS2. The van der Waals surface area contributed by atoms with E-state index >= 15 is 0 Å². The van der Waals surface area contributed by atoms with Gasteiger partial charge in [0, 0.05) is 57.4 Å². The maximum absolute atomic E-state index is 6.57. The summed E-state index contributed by atoms with van der Waals surface area (Å²) in [6.45, 7) is 0. The van der Waals surface area contributed by atoms with Crippen molar-refractivity contribution >= 4 is 118 Å². The number of hydrogen-bond donors (Lipinski definition) is 0. The zero-order valence-electron chi connectivity index (χ0n) is 26.3. The van der Waals surface area contributed by atoms with Crippen LogP contribution in [0.5, 0.6) is 0 Å². The second kappa shape index (κ2) is 9.76. The fourth-order valence-corrected chi connectivity index (χ4v) is 10.5. The molecule has 0 saturated carbocycles. The van der Waals surface area contributed by atoms with E-state index in [2.05, 4.69) is 132 Å². The summed E-state index contributed by atoms with van der Waals surface area (Å²) in [5, 5.41) is 11.9. The van der Waals surface area contributed by atoms with Crippen molar-refractivity contribution in [2.75, 3.05) is 0 Å². The topological polar surface area (TPSA) is 43.9 Å². The predicted octanol–water partition coefficient (Wildman–Crippen LogP) is 13.0. The molecule has 5 heterocycles. The Balaban J connectivity index is 1.29. The summed E-state index contributed by atoms with van der Waals surface area (Å²) < 4.78 is 14.0. The molecule has 12 aromatic rings. The summed E-state index contributed by atoms with van der Waals surface area (Å²) in [4.78, 5) is 10.7. The Morgan fingerprint density at radius 3 is 1.96 bits per heavy atom. The van der Waals surface area contributed by atoms with Crippen molar-refractivity contribution < 1.29 is 4.42 Å². The molecule has 0 N–H and O–H groups in total. The molecule has 7 aromatic carbocycles. The maximum Gasteiger partial charge on any atom is 0.233 e. The molecule has 0 spiro atoms. The summed E-state index contributed by atoms with van der Waals surface area (Å²) in [5.41, 5.74) is 4.61. The van der Waals surface area contributed by atoms with Crippen LogP contribution in [0.4, 0.5) is 0 Å². The van der Waals surface area contributed by atoms with Crippen molar-refractivity contribution in [2.45, 2.75) is 0 Å².